The summed E-state index contributed by atoms with van der Waals surface area (Å²) in [7, 11) is 3.18. The lowest BCUT2D eigenvalue weighted by Crippen LogP contribution is -2.31. The lowest BCUT2D eigenvalue weighted by molar-refractivity contribution is 0.0984. The van der Waals surface area contributed by atoms with Crippen LogP contribution in [0.1, 0.15) is 15.9 Å². The first-order chi connectivity index (χ1) is 13.1. The summed E-state index contributed by atoms with van der Waals surface area (Å²) in [5.41, 5.74) is 1.49. The number of carbonyl (C=O) groups excluding carboxylic acids is 1. The van der Waals surface area contributed by atoms with Gasteiger partial charge in [0.1, 0.15) is 5.82 Å². The van der Waals surface area contributed by atoms with Crippen LogP contribution in [0.5, 0.6) is 11.5 Å². The van der Waals surface area contributed by atoms with Crippen molar-refractivity contribution in [3.63, 3.8) is 0 Å². The molecule has 0 saturated heterocycles. The van der Waals surface area contributed by atoms with Crippen molar-refractivity contribution in [2.75, 3.05) is 19.1 Å². The van der Waals surface area contributed by atoms with Gasteiger partial charge in [0.05, 0.1) is 20.8 Å². The van der Waals surface area contributed by atoms with Gasteiger partial charge in [0.25, 0.3) is 5.91 Å². The van der Waals surface area contributed by atoms with E-state index in [2.05, 4.69) is 20.9 Å². The standard InChI is InChI=1S/C21H19BrN2O3/c1-26-18-11-6-15(13-19(18)27-2)14-24(20-5-3-4-12-23-20)21(25)16-7-9-17(22)10-8-16/h3-13H,14H2,1-2H3. The highest BCUT2D eigenvalue weighted by Crippen LogP contribution is 2.29. The summed E-state index contributed by atoms with van der Waals surface area (Å²) in [6.45, 7) is 0.353. The highest BCUT2D eigenvalue weighted by Gasteiger charge is 2.20. The predicted molar refractivity (Wildman–Crippen MR) is 108 cm³/mol. The van der Waals surface area contributed by atoms with Crippen LogP contribution < -0.4 is 14.4 Å². The van der Waals surface area contributed by atoms with Gasteiger partial charge in [-0.3, -0.25) is 9.69 Å². The molecule has 0 atom stereocenters. The van der Waals surface area contributed by atoms with Gasteiger partial charge in [-0.05, 0) is 54.1 Å². The second-order valence-corrected chi connectivity index (χ2v) is 6.69. The Morgan fingerprint density at radius 2 is 1.74 bits per heavy atom. The summed E-state index contributed by atoms with van der Waals surface area (Å²) in [6, 6.07) is 18.4. The molecule has 3 rings (SSSR count). The molecule has 0 saturated carbocycles. The number of nitrogens with zero attached hydrogens (tertiary/aromatic N) is 2. The van der Waals surface area contributed by atoms with Gasteiger partial charge in [-0.1, -0.05) is 28.1 Å². The van der Waals surface area contributed by atoms with Crippen LogP contribution >= 0.6 is 15.9 Å². The van der Waals surface area contributed by atoms with Gasteiger partial charge >= 0.3 is 0 Å². The summed E-state index contributed by atoms with van der Waals surface area (Å²) < 4.78 is 11.6. The van der Waals surface area contributed by atoms with Crippen molar-refractivity contribution >= 4 is 27.7 Å². The minimum atomic E-state index is -0.129. The summed E-state index contributed by atoms with van der Waals surface area (Å²) in [5, 5.41) is 0. The summed E-state index contributed by atoms with van der Waals surface area (Å²) in [4.78, 5) is 19.2. The molecule has 2 aromatic carbocycles. The average molecular weight is 427 g/mol. The van der Waals surface area contributed by atoms with Crippen LogP contribution in [0.3, 0.4) is 0 Å². The van der Waals surface area contributed by atoms with Gasteiger partial charge in [0.15, 0.2) is 11.5 Å². The zero-order valence-corrected chi connectivity index (χ0v) is 16.6. The first-order valence-electron chi connectivity index (χ1n) is 8.31. The van der Waals surface area contributed by atoms with Crippen LogP contribution in [-0.4, -0.2) is 25.1 Å². The third kappa shape index (κ3) is 4.46. The van der Waals surface area contributed by atoms with E-state index in [1.807, 2.05) is 48.5 Å². The van der Waals surface area contributed by atoms with Crippen molar-refractivity contribution in [1.82, 2.24) is 4.98 Å². The molecule has 0 fully saturated rings. The van der Waals surface area contributed by atoms with Crippen molar-refractivity contribution in [2.24, 2.45) is 0 Å². The van der Waals surface area contributed by atoms with E-state index in [9.17, 15) is 4.79 Å². The molecule has 1 heterocycles. The fourth-order valence-corrected chi connectivity index (χ4v) is 2.94. The molecule has 0 bridgehead atoms. The average Bonchev–Trinajstić information content (AvgIpc) is 2.72. The van der Waals surface area contributed by atoms with E-state index >= 15 is 0 Å². The highest BCUT2D eigenvalue weighted by molar-refractivity contribution is 9.10. The van der Waals surface area contributed by atoms with E-state index in [1.165, 1.54) is 0 Å². The molecule has 6 heteroatoms. The minimum absolute atomic E-state index is 0.129. The van der Waals surface area contributed by atoms with Gasteiger partial charge in [-0.2, -0.15) is 0 Å². The number of hydrogen-bond donors (Lipinski definition) is 0. The SMILES string of the molecule is COc1ccc(CN(C(=O)c2ccc(Br)cc2)c2ccccn2)cc1OC. The smallest absolute Gasteiger partial charge is 0.259 e. The monoisotopic (exact) mass is 426 g/mol. The molecule has 1 amide bonds. The van der Waals surface area contributed by atoms with Crippen molar-refractivity contribution in [1.29, 1.82) is 0 Å². The number of carbonyl (C=O) groups is 1. The molecular formula is C21H19BrN2O3. The minimum Gasteiger partial charge on any atom is -0.493 e. The van der Waals surface area contributed by atoms with E-state index in [0.29, 0.717) is 29.4 Å². The Hall–Kier alpha value is -2.86. The quantitative estimate of drug-likeness (QED) is 0.572. The number of methoxy groups -OCH3 is 2. The van der Waals surface area contributed by atoms with Crippen molar-refractivity contribution in [3.05, 3.63) is 82.5 Å². The van der Waals surface area contributed by atoms with Crippen LogP contribution in [0.2, 0.25) is 0 Å². The normalized spacial score (nSPS) is 10.3. The molecule has 0 spiro atoms. The number of ether oxygens (including phenoxy) is 2. The number of anilines is 1. The molecular weight excluding hydrogens is 408 g/mol. The second-order valence-electron chi connectivity index (χ2n) is 5.78. The van der Waals surface area contributed by atoms with Crippen LogP contribution in [0, 0.1) is 0 Å². The highest BCUT2D eigenvalue weighted by atomic mass is 79.9. The second kappa shape index (κ2) is 8.68. The zero-order chi connectivity index (χ0) is 19.2. The van der Waals surface area contributed by atoms with E-state index < -0.39 is 0 Å². The first-order valence-corrected chi connectivity index (χ1v) is 9.11. The number of hydrogen-bond acceptors (Lipinski definition) is 4. The molecule has 0 radical (unpaired) electrons. The number of amides is 1. The Morgan fingerprint density at radius 1 is 1.00 bits per heavy atom. The van der Waals surface area contributed by atoms with Crippen LogP contribution in [0.15, 0.2) is 71.3 Å². The van der Waals surface area contributed by atoms with Crippen LogP contribution in [0.4, 0.5) is 5.82 Å². The van der Waals surface area contributed by atoms with Crippen LogP contribution in [-0.2, 0) is 6.54 Å². The molecule has 0 N–H and O–H groups in total. The molecule has 0 aliphatic heterocycles. The summed E-state index contributed by atoms with van der Waals surface area (Å²) in [6.07, 6.45) is 1.67. The third-order valence-electron chi connectivity index (χ3n) is 4.05. The van der Waals surface area contributed by atoms with E-state index in [4.69, 9.17) is 9.47 Å². The lowest BCUT2D eigenvalue weighted by Gasteiger charge is -2.22. The van der Waals surface area contributed by atoms with Crippen molar-refractivity contribution < 1.29 is 14.3 Å². The maximum atomic E-state index is 13.2. The van der Waals surface area contributed by atoms with E-state index in [0.717, 1.165) is 10.0 Å². The van der Waals surface area contributed by atoms with Gasteiger partial charge in [0.2, 0.25) is 0 Å². The molecule has 0 unspecified atom stereocenters. The fourth-order valence-electron chi connectivity index (χ4n) is 2.68. The van der Waals surface area contributed by atoms with Gasteiger partial charge in [-0.15, -0.1) is 0 Å². The lowest BCUT2D eigenvalue weighted by atomic mass is 10.1. The Bertz CT molecular complexity index is 914. The van der Waals surface area contributed by atoms with Gasteiger partial charge in [-0.25, -0.2) is 4.98 Å². The van der Waals surface area contributed by atoms with Crippen molar-refractivity contribution in [2.45, 2.75) is 6.54 Å². The van der Waals surface area contributed by atoms with Gasteiger partial charge < -0.3 is 9.47 Å². The molecule has 5 nitrogen and oxygen atoms in total. The maximum absolute atomic E-state index is 13.2. The molecule has 1 aromatic heterocycles. The Kier molecular flexibility index (Phi) is 6.08. The number of halogens is 1. The molecule has 3 aromatic rings. The van der Waals surface area contributed by atoms with E-state index in [1.54, 1.807) is 37.4 Å². The predicted octanol–water partition coefficient (Wildman–Crippen LogP) is 4.71. The number of pyridine rings is 1. The molecule has 0 aliphatic rings. The Balaban J connectivity index is 1.96. The Labute approximate surface area is 166 Å². The molecule has 0 aliphatic carbocycles. The number of benzene rings is 2. The first kappa shape index (κ1) is 18.9. The van der Waals surface area contributed by atoms with E-state index in [-0.39, 0.29) is 5.91 Å². The topological polar surface area (TPSA) is 51.7 Å². The summed E-state index contributed by atoms with van der Waals surface area (Å²) in [5.74, 6) is 1.72. The largest absolute Gasteiger partial charge is 0.493 e. The number of rotatable bonds is 6. The molecule has 27 heavy (non-hydrogen) atoms. The molecule has 138 valence electrons. The Morgan fingerprint density at radius 3 is 2.37 bits per heavy atom. The maximum Gasteiger partial charge on any atom is 0.259 e. The number of aromatic nitrogens is 1. The summed E-state index contributed by atoms with van der Waals surface area (Å²) >= 11 is 3.40. The fraction of sp³-hybridized carbons (Fsp3) is 0.143. The van der Waals surface area contributed by atoms with Crippen molar-refractivity contribution in [3.8, 4) is 11.5 Å². The van der Waals surface area contributed by atoms with Gasteiger partial charge in [0, 0.05) is 16.2 Å². The zero-order valence-electron chi connectivity index (χ0n) is 15.1. The third-order valence-corrected chi connectivity index (χ3v) is 4.58. The van der Waals surface area contributed by atoms with Crippen LogP contribution in [0.25, 0.3) is 0 Å².